The van der Waals surface area contributed by atoms with Gasteiger partial charge in [0.05, 0.1) is 12.5 Å². The summed E-state index contributed by atoms with van der Waals surface area (Å²) in [6.45, 7) is 3.38. The Morgan fingerprint density at radius 1 is 0.964 bits per heavy atom. The van der Waals surface area contributed by atoms with E-state index in [4.69, 9.17) is 10.8 Å². The molecule has 0 saturated carbocycles. The van der Waals surface area contributed by atoms with Crippen molar-refractivity contribution in [2.24, 2.45) is 11.7 Å². The zero-order valence-electron chi connectivity index (χ0n) is 15.6. The second kappa shape index (κ2) is 10.3. The van der Waals surface area contributed by atoms with Gasteiger partial charge in [0.15, 0.2) is 0 Å². The Morgan fingerprint density at radius 2 is 1.50 bits per heavy atom. The predicted molar refractivity (Wildman–Crippen MR) is 98.4 cm³/mol. The Morgan fingerprint density at radius 3 is 1.96 bits per heavy atom. The zero-order chi connectivity index (χ0) is 21.4. The lowest BCUT2D eigenvalue weighted by Gasteiger charge is -2.23. The molecule has 0 aliphatic rings. The third kappa shape index (κ3) is 7.23. The highest BCUT2D eigenvalue weighted by Gasteiger charge is 2.30. The van der Waals surface area contributed by atoms with Crippen LogP contribution in [0.1, 0.15) is 25.8 Å². The molecule has 0 heterocycles. The second-order valence-electron chi connectivity index (χ2n) is 6.70. The molecule has 1 aromatic carbocycles. The molecular weight excluding hydrogens is 370 g/mol. The number of hydrogen-bond donors (Lipinski definition) is 6. The van der Waals surface area contributed by atoms with E-state index in [1.165, 1.54) is 24.3 Å². The first-order valence-corrected chi connectivity index (χ1v) is 8.60. The molecule has 0 saturated heterocycles. The Balaban J connectivity index is 2.89. The molecule has 10 heteroatoms. The van der Waals surface area contributed by atoms with Crippen molar-refractivity contribution in [3.8, 4) is 5.75 Å². The summed E-state index contributed by atoms with van der Waals surface area (Å²) in [5, 5.41) is 32.1. The van der Waals surface area contributed by atoms with Crippen LogP contribution in [0, 0.1) is 5.92 Å². The second-order valence-corrected chi connectivity index (χ2v) is 6.70. The molecule has 0 aromatic heterocycles. The lowest BCUT2D eigenvalue weighted by atomic mass is 10.0. The van der Waals surface area contributed by atoms with E-state index >= 15 is 0 Å². The van der Waals surface area contributed by atoms with Crippen LogP contribution in [0.15, 0.2) is 24.3 Å². The number of hydrogen-bond acceptors (Lipinski definition) is 6. The van der Waals surface area contributed by atoms with Gasteiger partial charge in [0.2, 0.25) is 11.8 Å². The third-order valence-corrected chi connectivity index (χ3v) is 4.02. The van der Waals surface area contributed by atoms with Crippen LogP contribution >= 0.6 is 0 Å². The Labute approximate surface area is 161 Å². The Kier molecular flexibility index (Phi) is 8.39. The number of amides is 2. The molecule has 154 valence electrons. The molecule has 3 unspecified atom stereocenters. The number of rotatable bonds is 10. The number of nitrogens with two attached hydrogens (primary N) is 1. The quantitative estimate of drug-likeness (QED) is 0.305. The molecule has 3 atom stereocenters. The van der Waals surface area contributed by atoms with Crippen LogP contribution in [-0.2, 0) is 25.6 Å². The van der Waals surface area contributed by atoms with E-state index in [0.717, 1.165) is 0 Å². The number of aliphatic carboxylic acids is 2. The van der Waals surface area contributed by atoms with E-state index in [-0.39, 0.29) is 18.1 Å². The van der Waals surface area contributed by atoms with E-state index in [1.807, 2.05) is 0 Å². The van der Waals surface area contributed by atoms with Gasteiger partial charge in [-0.05, 0) is 23.6 Å². The maximum absolute atomic E-state index is 12.4. The minimum Gasteiger partial charge on any atom is -0.508 e. The van der Waals surface area contributed by atoms with E-state index in [1.54, 1.807) is 13.8 Å². The summed E-state index contributed by atoms with van der Waals surface area (Å²) < 4.78 is 0. The molecule has 0 radical (unpaired) electrons. The topological polar surface area (TPSA) is 179 Å². The van der Waals surface area contributed by atoms with E-state index in [2.05, 4.69) is 10.6 Å². The number of carbonyl (C=O) groups is 4. The van der Waals surface area contributed by atoms with Gasteiger partial charge < -0.3 is 31.7 Å². The number of carbonyl (C=O) groups excluding carboxylic acids is 2. The van der Waals surface area contributed by atoms with Crippen LogP contribution in [0.25, 0.3) is 0 Å². The number of carboxylic acids is 2. The van der Waals surface area contributed by atoms with Gasteiger partial charge in [0.1, 0.15) is 17.8 Å². The van der Waals surface area contributed by atoms with E-state index in [0.29, 0.717) is 5.56 Å². The molecule has 0 bridgehead atoms. The van der Waals surface area contributed by atoms with Crippen LogP contribution < -0.4 is 16.4 Å². The average Bonchev–Trinajstić information content (AvgIpc) is 2.60. The maximum atomic E-state index is 12.4. The van der Waals surface area contributed by atoms with Crippen molar-refractivity contribution in [1.29, 1.82) is 0 Å². The summed E-state index contributed by atoms with van der Waals surface area (Å²) in [7, 11) is 0. The van der Waals surface area contributed by atoms with Gasteiger partial charge in [-0.25, -0.2) is 4.79 Å². The largest absolute Gasteiger partial charge is 0.508 e. The number of aromatic hydroxyl groups is 1. The summed E-state index contributed by atoms with van der Waals surface area (Å²) in [5.41, 5.74) is 6.23. The highest BCUT2D eigenvalue weighted by Crippen LogP contribution is 2.12. The van der Waals surface area contributed by atoms with Gasteiger partial charge in [-0.3, -0.25) is 14.4 Å². The normalized spacial score (nSPS) is 14.0. The summed E-state index contributed by atoms with van der Waals surface area (Å²) in [5.74, 6) is -4.57. The van der Waals surface area contributed by atoms with E-state index < -0.39 is 48.3 Å². The average molecular weight is 395 g/mol. The summed E-state index contributed by atoms with van der Waals surface area (Å²) in [6.07, 6.45) is -0.825. The molecule has 0 aliphatic heterocycles. The number of phenols is 1. The zero-order valence-corrected chi connectivity index (χ0v) is 15.6. The Hall–Kier alpha value is -3.14. The minimum absolute atomic E-state index is 0.00499. The molecule has 1 rings (SSSR count). The van der Waals surface area contributed by atoms with Crippen molar-refractivity contribution < 1.29 is 34.5 Å². The molecule has 0 aliphatic carbocycles. The first kappa shape index (κ1) is 22.9. The molecular formula is C18H25N3O7. The highest BCUT2D eigenvalue weighted by molar-refractivity contribution is 5.94. The predicted octanol–water partition coefficient (Wildman–Crippen LogP) is -0.553. The number of carboxylic acid groups (broad SMARTS) is 2. The lowest BCUT2D eigenvalue weighted by molar-refractivity contribution is -0.143. The van der Waals surface area contributed by atoms with Crippen LogP contribution in [0.5, 0.6) is 5.75 Å². The lowest BCUT2D eigenvalue weighted by Crippen LogP contribution is -2.56. The fourth-order valence-electron chi connectivity index (χ4n) is 2.29. The summed E-state index contributed by atoms with van der Waals surface area (Å²) in [4.78, 5) is 47.0. The van der Waals surface area contributed by atoms with Crippen LogP contribution in [0.3, 0.4) is 0 Å². The van der Waals surface area contributed by atoms with Crippen molar-refractivity contribution in [3.05, 3.63) is 29.8 Å². The highest BCUT2D eigenvalue weighted by atomic mass is 16.4. The molecule has 28 heavy (non-hydrogen) atoms. The minimum atomic E-state index is -1.48. The van der Waals surface area contributed by atoms with Crippen molar-refractivity contribution in [1.82, 2.24) is 10.6 Å². The molecule has 7 N–H and O–H groups in total. The molecule has 2 amide bonds. The summed E-state index contributed by atoms with van der Waals surface area (Å²) >= 11 is 0. The first-order chi connectivity index (χ1) is 13.0. The first-order valence-electron chi connectivity index (χ1n) is 8.60. The smallest absolute Gasteiger partial charge is 0.326 e. The fourth-order valence-corrected chi connectivity index (χ4v) is 2.29. The summed E-state index contributed by atoms with van der Waals surface area (Å²) in [6, 6.07) is 1.95. The van der Waals surface area contributed by atoms with Crippen molar-refractivity contribution >= 4 is 23.8 Å². The molecule has 10 nitrogen and oxygen atoms in total. The Bertz CT molecular complexity index is 718. The van der Waals surface area contributed by atoms with Crippen LogP contribution in [0.4, 0.5) is 0 Å². The number of benzene rings is 1. The third-order valence-electron chi connectivity index (χ3n) is 4.02. The van der Waals surface area contributed by atoms with Gasteiger partial charge >= 0.3 is 11.9 Å². The van der Waals surface area contributed by atoms with E-state index in [9.17, 15) is 29.4 Å². The SMILES string of the molecule is CC(C)C(N)C(=O)NC(CC(=O)O)C(=O)NC(Cc1ccc(O)cc1)C(=O)O. The number of phenolic OH excluding ortho intramolecular Hbond substituents is 1. The van der Waals surface area contributed by atoms with Gasteiger partial charge in [-0.1, -0.05) is 26.0 Å². The van der Waals surface area contributed by atoms with Gasteiger partial charge in [0, 0.05) is 6.42 Å². The van der Waals surface area contributed by atoms with Crippen molar-refractivity contribution in [2.45, 2.75) is 44.8 Å². The van der Waals surface area contributed by atoms with Crippen molar-refractivity contribution in [3.63, 3.8) is 0 Å². The molecule has 0 spiro atoms. The molecule has 1 aromatic rings. The number of nitrogens with one attached hydrogen (secondary N) is 2. The van der Waals surface area contributed by atoms with Gasteiger partial charge in [-0.15, -0.1) is 0 Å². The fraction of sp³-hybridized carbons (Fsp3) is 0.444. The van der Waals surface area contributed by atoms with Gasteiger partial charge in [-0.2, -0.15) is 0 Å². The standard InChI is InChI=1S/C18H25N3O7/c1-9(2)15(19)17(26)20-12(8-14(23)24)16(25)21-13(18(27)28)7-10-3-5-11(22)6-4-10/h3-6,9,12-13,15,22H,7-8,19H2,1-2H3,(H,20,26)(H,21,25)(H,23,24)(H,27,28). The van der Waals surface area contributed by atoms with Crippen LogP contribution in [-0.4, -0.2) is 57.2 Å². The maximum Gasteiger partial charge on any atom is 0.326 e. The molecule has 0 fully saturated rings. The van der Waals surface area contributed by atoms with Crippen LogP contribution in [0.2, 0.25) is 0 Å². The van der Waals surface area contributed by atoms with Gasteiger partial charge in [0.25, 0.3) is 0 Å². The van der Waals surface area contributed by atoms with Crippen molar-refractivity contribution in [2.75, 3.05) is 0 Å². The monoisotopic (exact) mass is 395 g/mol.